The molecule has 1 aromatic heterocycles. The van der Waals surface area contributed by atoms with Crippen molar-refractivity contribution < 1.29 is 4.74 Å². The molecule has 1 saturated heterocycles. The molecule has 0 aromatic carbocycles. The number of hydrogen-bond donors (Lipinski definition) is 2. The summed E-state index contributed by atoms with van der Waals surface area (Å²) >= 11 is 1.69. The van der Waals surface area contributed by atoms with Crippen LogP contribution in [0.25, 0.3) is 0 Å². The van der Waals surface area contributed by atoms with Crippen molar-refractivity contribution in [1.82, 2.24) is 20.5 Å². The lowest BCUT2D eigenvalue weighted by Crippen LogP contribution is -2.48. The third-order valence-electron chi connectivity index (χ3n) is 3.40. The molecule has 0 aliphatic carbocycles. The van der Waals surface area contributed by atoms with Gasteiger partial charge in [0.05, 0.1) is 23.4 Å². The molecule has 1 aliphatic heterocycles. The van der Waals surface area contributed by atoms with E-state index in [4.69, 9.17) is 4.74 Å². The average Bonchev–Trinajstić information content (AvgIpc) is 2.88. The monoisotopic (exact) mass is 311 g/mol. The number of nitrogens with one attached hydrogen (secondary N) is 2. The van der Waals surface area contributed by atoms with Crippen LogP contribution in [-0.2, 0) is 11.2 Å². The lowest BCUT2D eigenvalue weighted by atomic mass is 10.3. The van der Waals surface area contributed by atoms with E-state index >= 15 is 0 Å². The van der Waals surface area contributed by atoms with Gasteiger partial charge in [-0.1, -0.05) is 0 Å². The number of rotatable bonds is 5. The first-order valence-corrected chi connectivity index (χ1v) is 8.21. The minimum atomic E-state index is 0.225. The fraction of sp³-hybridized carbons (Fsp3) is 0.714. The van der Waals surface area contributed by atoms with Crippen LogP contribution in [0, 0.1) is 6.92 Å². The van der Waals surface area contributed by atoms with E-state index in [0.29, 0.717) is 0 Å². The van der Waals surface area contributed by atoms with E-state index in [-0.39, 0.29) is 6.10 Å². The van der Waals surface area contributed by atoms with Crippen molar-refractivity contribution in [2.24, 2.45) is 4.99 Å². The summed E-state index contributed by atoms with van der Waals surface area (Å²) in [5, 5.41) is 9.86. The Morgan fingerprint density at radius 1 is 1.57 bits per heavy atom. The molecule has 6 nitrogen and oxygen atoms in total. The van der Waals surface area contributed by atoms with E-state index in [0.717, 1.165) is 55.9 Å². The molecule has 1 atom stereocenters. The molecule has 21 heavy (non-hydrogen) atoms. The van der Waals surface area contributed by atoms with Gasteiger partial charge >= 0.3 is 0 Å². The van der Waals surface area contributed by atoms with Crippen molar-refractivity contribution in [3.8, 4) is 0 Å². The van der Waals surface area contributed by atoms with Gasteiger partial charge in [-0.05, 0) is 14.0 Å². The van der Waals surface area contributed by atoms with Gasteiger partial charge in [-0.3, -0.25) is 4.99 Å². The number of thiazole rings is 1. The Morgan fingerprint density at radius 3 is 3.10 bits per heavy atom. The standard InChI is InChI=1S/C14H25N5OS/c1-11-18-12(10-21-11)4-5-16-14(15-2)17-8-13-9-19(3)6-7-20-13/h10,13H,4-9H2,1-3H3,(H2,15,16,17). The first-order valence-electron chi connectivity index (χ1n) is 7.33. The maximum absolute atomic E-state index is 5.72. The molecule has 2 rings (SSSR count). The van der Waals surface area contributed by atoms with Crippen LogP contribution < -0.4 is 10.6 Å². The Morgan fingerprint density at radius 2 is 2.43 bits per heavy atom. The van der Waals surface area contributed by atoms with Crippen molar-refractivity contribution >= 4 is 17.3 Å². The summed E-state index contributed by atoms with van der Waals surface area (Å²) < 4.78 is 5.72. The molecule has 0 spiro atoms. The number of guanidine groups is 1. The van der Waals surface area contributed by atoms with Crippen LogP contribution >= 0.6 is 11.3 Å². The van der Waals surface area contributed by atoms with Crippen LogP contribution in [0.15, 0.2) is 10.4 Å². The number of aromatic nitrogens is 1. The summed E-state index contributed by atoms with van der Waals surface area (Å²) in [7, 11) is 3.91. The third-order valence-corrected chi connectivity index (χ3v) is 4.23. The molecule has 2 heterocycles. The Kier molecular flexibility index (Phi) is 6.41. The van der Waals surface area contributed by atoms with Crippen LogP contribution in [0.1, 0.15) is 10.7 Å². The highest BCUT2D eigenvalue weighted by molar-refractivity contribution is 7.09. The average molecular weight is 311 g/mol. The molecule has 1 fully saturated rings. The zero-order valence-corrected chi connectivity index (χ0v) is 13.9. The number of likely N-dealkylation sites (N-methyl/N-ethyl adjacent to an activating group) is 1. The SMILES string of the molecule is CN=C(NCCc1csc(C)n1)NCC1CN(C)CCO1. The molecule has 1 unspecified atom stereocenters. The van der Waals surface area contributed by atoms with Crippen LogP contribution in [0.4, 0.5) is 0 Å². The molecule has 1 aromatic rings. The van der Waals surface area contributed by atoms with Crippen LogP contribution in [-0.4, -0.2) is 68.8 Å². The highest BCUT2D eigenvalue weighted by Crippen LogP contribution is 2.07. The molecule has 1 aliphatic rings. The topological polar surface area (TPSA) is 61.8 Å². The highest BCUT2D eigenvalue weighted by atomic mass is 32.1. The van der Waals surface area contributed by atoms with Gasteiger partial charge in [-0.15, -0.1) is 11.3 Å². The quantitative estimate of drug-likeness (QED) is 0.612. The number of aryl methyl sites for hydroxylation is 1. The van der Waals surface area contributed by atoms with Gasteiger partial charge in [-0.25, -0.2) is 4.98 Å². The van der Waals surface area contributed by atoms with Crippen LogP contribution in [0.5, 0.6) is 0 Å². The minimum absolute atomic E-state index is 0.225. The summed E-state index contributed by atoms with van der Waals surface area (Å²) in [4.78, 5) is 11.0. The molecular weight excluding hydrogens is 286 g/mol. The number of ether oxygens (including phenoxy) is 1. The van der Waals surface area contributed by atoms with Crippen molar-refractivity contribution in [3.63, 3.8) is 0 Å². The number of nitrogens with zero attached hydrogens (tertiary/aromatic N) is 3. The maximum atomic E-state index is 5.72. The highest BCUT2D eigenvalue weighted by Gasteiger charge is 2.17. The number of morpholine rings is 1. The molecule has 0 radical (unpaired) electrons. The first-order chi connectivity index (χ1) is 10.2. The van der Waals surface area contributed by atoms with E-state index in [1.54, 1.807) is 18.4 Å². The van der Waals surface area contributed by atoms with Gasteiger partial charge in [0.2, 0.25) is 0 Å². The Balaban J connectivity index is 1.66. The Hall–Kier alpha value is -1.18. The third kappa shape index (κ3) is 5.61. The fourth-order valence-corrected chi connectivity index (χ4v) is 2.90. The normalized spacial score (nSPS) is 20.5. The second-order valence-corrected chi connectivity index (χ2v) is 6.31. The van der Waals surface area contributed by atoms with E-state index in [2.05, 4.69) is 37.9 Å². The molecule has 0 bridgehead atoms. The summed E-state index contributed by atoms with van der Waals surface area (Å²) in [5.41, 5.74) is 1.14. The molecular formula is C14H25N5OS. The predicted molar refractivity (Wildman–Crippen MR) is 87.2 cm³/mol. The smallest absolute Gasteiger partial charge is 0.191 e. The Labute approximate surface area is 130 Å². The molecule has 0 saturated carbocycles. The first kappa shape index (κ1) is 16.2. The predicted octanol–water partition coefficient (Wildman–Crippen LogP) is 0.490. The van der Waals surface area contributed by atoms with Crippen molar-refractivity contribution in [2.75, 3.05) is 46.9 Å². The van der Waals surface area contributed by atoms with Crippen LogP contribution in [0.2, 0.25) is 0 Å². The van der Waals surface area contributed by atoms with E-state index < -0.39 is 0 Å². The second-order valence-electron chi connectivity index (χ2n) is 5.24. The van der Waals surface area contributed by atoms with E-state index in [1.165, 1.54) is 0 Å². The van der Waals surface area contributed by atoms with Gasteiger partial charge in [0, 0.05) is 45.0 Å². The molecule has 0 amide bonds. The summed E-state index contributed by atoms with van der Waals surface area (Å²) in [6, 6.07) is 0. The maximum Gasteiger partial charge on any atom is 0.191 e. The van der Waals surface area contributed by atoms with Gasteiger partial charge in [-0.2, -0.15) is 0 Å². The molecule has 118 valence electrons. The number of hydrogen-bond acceptors (Lipinski definition) is 5. The lowest BCUT2D eigenvalue weighted by Gasteiger charge is -2.30. The van der Waals surface area contributed by atoms with Crippen molar-refractivity contribution in [1.29, 1.82) is 0 Å². The van der Waals surface area contributed by atoms with Gasteiger partial charge in [0.25, 0.3) is 0 Å². The minimum Gasteiger partial charge on any atom is -0.374 e. The molecule has 2 N–H and O–H groups in total. The van der Waals surface area contributed by atoms with Crippen LogP contribution in [0.3, 0.4) is 0 Å². The van der Waals surface area contributed by atoms with Gasteiger partial charge in [0.15, 0.2) is 5.96 Å². The lowest BCUT2D eigenvalue weighted by molar-refractivity contribution is -0.0161. The summed E-state index contributed by atoms with van der Waals surface area (Å²) in [6.07, 6.45) is 1.14. The van der Waals surface area contributed by atoms with Crippen molar-refractivity contribution in [2.45, 2.75) is 19.4 Å². The zero-order chi connectivity index (χ0) is 15.1. The second kappa shape index (κ2) is 8.31. The zero-order valence-electron chi connectivity index (χ0n) is 13.1. The fourth-order valence-electron chi connectivity index (χ4n) is 2.25. The van der Waals surface area contributed by atoms with Gasteiger partial charge in [0.1, 0.15) is 0 Å². The Bertz CT molecular complexity index is 462. The molecule has 7 heteroatoms. The summed E-state index contributed by atoms with van der Waals surface area (Å²) in [5.74, 6) is 0.818. The van der Waals surface area contributed by atoms with E-state index in [1.807, 2.05) is 6.92 Å². The summed E-state index contributed by atoms with van der Waals surface area (Å²) in [6.45, 7) is 6.41. The van der Waals surface area contributed by atoms with Gasteiger partial charge < -0.3 is 20.3 Å². The van der Waals surface area contributed by atoms with Crippen molar-refractivity contribution in [3.05, 3.63) is 16.1 Å². The van der Waals surface area contributed by atoms with E-state index in [9.17, 15) is 0 Å². The largest absolute Gasteiger partial charge is 0.374 e. The number of aliphatic imine (C=N–C) groups is 1.